The van der Waals surface area contributed by atoms with E-state index in [1.165, 1.54) is 3.97 Å². The van der Waals surface area contributed by atoms with E-state index in [4.69, 9.17) is 4.74 Å². The Morgan fingerprint density at radius 1 is 1.41 bits per heavy atom. The second kappa shape index (κ2) is 5.38. The average molecular weight is 430 g/mol. The Morgan fingerprint density at radius 2 is 2.18 bits per heavy atom. The van der Waals surface area contributed by atoms with Crippen LogP contribution in [0.3, 0.4) is 0 Å². The van der Waals surface area contributed by atoms with Gasteiger partial charge in [0.25, 0.3) is 0 Å². The lowest BCUT2D eigenvalue weighted by atomic mass is 10.0. The van der Waals surface area contributed by atoms with Gasteiger partial charge in [0.1, 0.15) is 10.5 Å². The summed E-state index contributed by atoms with van der Waals surface area (Å²) in [6, 6.07) is 5.40. The number of nitrogens with zero attached hydrogens (tertiary/aromatic N) is 2. The van der Waals surface area contributed by atoms with Crippen LogP contribution in [-0.4, -0.2) is 29.2 Å². The minimum atomic E-state index is -3.64. The largest absolute Gasteiger partial charge is 0.496 e. The number of fused-ring (bicyclic) bond motifs is 1. The molecule has 0 saturated carbocycles. The molecule has 0 fully saturated rings. The number of pyridine rings is 1. The molecular weight excluding hydrogens is 415 g/mol. The van der Waals surface area contributed by atoms with Crippen molar-refractivity contribution in [3.05, 3.63) is 52.1 Å². The molecule has 1 atom stereocenters. The van der Waals surface area contributed by atoms with Crippen LogP contribution in [0.1, 0.15) is 13.3 Å². The summed E-state index contributed by atoms with van der Waals surface area (Å²) in [5, 5.41) is 0.803. The number of hydrogen-bond donors (Lipinski definition) is 0. The number of hydrogen-bond acceptors (Lipinski definition) is 4. The van der Waals surface area contributed by atoms with Crippen molar-refractivity contribution in [1.29, 1.82) is 0 Å². The molecule has 0 amide bonds. The fraction of sp³-hybridized carbons (Fsp3) is 0.267. The molecule has 5 nitrogen and oxygen atoms in total. The van der Waals surface area contributed by atoms with Gasteiger partial charge >= 0.3 is 0 Å². The number of methoxy groups -OCH3 is 1. The van der Waals surface area contributed by atoms with Gasteiger partial charge in [-0.15, -0.1) is 0 Å². The second-order valence-electron chi connectivity index (χ2n) is 5.33. The van der Waals surface area contributed by atoms with Crippen molar-refractivity contribution in [1.82, 2.24) is 8.96 Å². The van der Waals surface area contributed by atoms with Gasteiger partial charge in [-0.2, -0.15) is 0 Å². The predicted molar refractivity (Wildman–Crippen MR) is 94.3 cm³/mol. The maximum absolute atomic E-state index is 13.1. The first-order valence-electron chi connectivity index (χ1n) is 6.68. The normalized spacial score (nSPS) is 22.3. The zero-order valence-electron chi connectivity index (χ0n) is 12.2. The number of allylic oxidation sites excluding steroid dienone is 2. The van der Waals surface area contributed by atoms with Crippen molar-refractivity contribution < 1.29 is 13.2 Å². The summed E-state index contributed by atoms with van der Waals surface area (Å²) in [6.07, 6.45) is 6.96. The molecule has 0 spiro atoms. The van der Waals surface area contributed by atoms with Crippen LogP contribution < -0.4 is 0 Å². The van der Waals surface area contributed by atoms with Crippen molar-refractivity contribution in [2.24, 2.45) is 0 Å². The van der Waals surface area contributed by atoms with E-state index in [-0.39, 0.29) is 0 Å². The van der Waals surface area contributed by atoms with Gasteiger partial charge < -0.3 is 4.74 Å². The molecule has 7 heteroatoms. The molecule has 22 heavy (non-hydrogen) atoms. The van der Waals surface area contributed by atoms with Crippen LogP contribution in [-0.2, 0) is 14.8 Å². The van der Waals surface area contributed by atoms with E-state index in [1.54, 1.807) is 50.7 Å². The molecule has 1 aliphatic carbocycles. The van der Waals surface area contributed by atoms with Gasteiger partial charge in [-0.3, -0.25) is 0 Å². The van der Waals surface area contributed by atoms with Crippen LogP contribution >= 0.6 is 22.6 Å². The van der Waals surface area contributed by atoms with E-state index in [1.807, 2.05) is 6.07 Å². The molecule has 2 aromatic rings. The highest BCUT2D eigenvalue weighted by Crippen LogP contribution is 2.38. The van der Waals surface area contributed by atoms with Gasteiger partial charge in [-0.1, -0.05) is 6.08 Å². The molecule has 0 bridgehead atoms. The third-order valence-corrected chi connectivity index (χ3v) is 7.03. The zero-order chi connectivity index (χ0) is 16.0. The predicted octanol–water partition coefficient (Wildman–Crippen LogP) is 3.23. The third kappa shape index (κ3) is 2.26. The Balaban J connectivity index is 2.12. The minimum Gasteiger partial charge on any atom is -0.496 e. The van der Waals surface area contributed by atoms with Gasteiger partial charge in [-0.25, -0.2) is 17.4 Å². The highest BCUT2D eigenvalue weighted by atomic mass is 127. The number of ether oxygens (including phenoxy) is 1. The molecule has 2 heterocycles. The van der Waals surface area contributed by atoms with Gasteiger partial charge in [0.2, 0.25) is 10.0 Å². The summed E-state index contributed by atoms with van der Waals surface area (Å²) in [7, 11) is -2.05. The standard InChI is InChI=1S/C15H15IN2O3S/c1-15(7-5-13(21-2)12(16)10-15)22(19,20)18-9-6-11-4-3-8-17-14(11)18/h3-9H,10H2,1-2H3. The highest BCUT2D eigenvalue weighted by Gasteiger charge is 2.41. The zero-order valence-corrected chi connectivity index (χ0v) is 15.1. The first-order chi connectivity index (χ1) is 10.4. The van der Waals surface area contributed by atoms with Gasteiger partial charge in [-0.05, 0) is 53.8 Å². The maximum Gasteiger partial charge on any atom is 0.249 e. The lowest BCUT2D eigenvalue weighted by molar-refractivity contribution is 0.301. The van der Waals surface area contributed by atoms with E-state index >= 15 is 0 Å². The molecule has 3 rings (SSSR count). The maximum atomic E-state index is 13.1. The monoisotopic (exact) mass is 430 g/mol. The van der Waals surface area contributed by atoms with E-state index < -0.39 is 14.8 Å². The van der Waals surface area contributed by atoms with Gasteiger partial charge in [0.05, 0.1) is 7.11 Å². The van der Waals surface area contributed by atoms with Crippen LogP contribution in [0.2, 0.25) is 0 Å². The summed E-state index contributed by atoms with van der Waals surface area (Å²) in [5.41, 5.74) is 0.452. The molecule has 1 aliphatic rings. The smallest absolute Gasteiger partial charge is 0.249 e. The van der Waals surface area contributed by atoms with Crippen LogP contribution in [0, 0.1) is 0 Å². The Morgan fingerprint density at radius 3 is 2.86 bits per heavy atom. The Bertz CT molecular complexity index is 898. The lowest BCUT2D eigenvalue weighted by Crippen LogP contribution is -2.39. The Labute approximate surface area is 142 Å². The van der Waals surface area contributed by atoms with E-state index in [0.29, 0.717) is 17.8 Å². The topological polar surface area (TPSA) is 61.2 Å². The molecule has 1 unspecified atom stereocenters. The summed E-state index contributed by atoms with van der Waals surface area (Å²) < 4.78 is 32.6. The van der Waals surface area contributed by atoms with Crippen LogP contribution in [0.15, 0.2) is 52.1 Å². The molecule has 116 valence electrons. The van der Waals surface area contributed by atoms with Gasteiger partial charge in [0, 0.05) is 27.8 Å². The first-order valence-corrected chi connectivity index (χ1v) is 9.20. The van der Waals surface area contributed by atoms with E-state index in [0.717, 1.165) is 8.97 Å². The molecule has 0 aliphatic heterocycles. The molecule has 0 N–H and O–H groups in total. The molecule has 0 aromatic carbocycles. The Hall–Kier alpha value is -1.35. The molecule has 0 saturated heterocycles. The molecule has 0 radical (unpaired) electrons. The van der Waals surface area contributed by atoms with Crippen molar-refractivity contribution in [3.8, 4) is 0 Å². The Kier molecular flexibility index (Phi) is 3.80. The fourth-order valence-electron chi connectivity index (χ4n) is 2.51. The SMILES string of the molecule is COC1=C(I)CC(C)(S(=O)(=O)n2ccc3cccnc32)C=C1. The van der Waals surface area contributed by atoms with Crippen LogP contribution in [0.4, 0.5) is 0 Å². The third-order valence-electron chi connectivity index (χ3n) is 3.84. The van der Waals surface area contributed by atoms with Crippen LogP contribution in [0.5, 0.6) is 0 Å². The van der Waals surface area contributed by atoms with E-state index in [2.05, 4.69) is 27.6 Å². The molecular formula is C15H15IN2O3S. The second-order valence-corrected chi connectivity index (χ2v) is 8.91. The number of rotatable bonds is 3. The highest BCUT2D eigenvalue weighted by molar-refractivity contribution is 14.1. The summed E-state index contributed by atoms with van der Waals surface area (Å²) in [4.78, 5) is 4.20. The first kappa shape index (κ1) is 15.5. The quantitative estimate of drug-likeness (QED) is 0.702. The van der Waals surface area contributed by atoms with Crippen molar-refractivity contribution in [2.45, 2.75) is 18.1 Å². The number of aromatic nitrogens is 2. The minimum absolute atomic E-state index is 0.377. The van der Waals surface area contributed by atoms with Crippen LogP contribution in [0.25, 0.3) is 11.0 Å². The summed E-state index contributed by atoms with van der Waals surface area (Å²) in [6.45, 7) is 1.72. The average Bonchev–Trinajstić information content (AvgIpc) is 2.91. The van der Waals surface area contributed by atoms with Crippen molar-refractivity contribution in [2.75, 3.05) is 7.11 Å². The van der Waals surface area contributed by atoms with E-state index in [9.17, 15) is 8.42 Å². The van der Waals surface area contributed by atoms with Crippen molar-refractivity contribution in [3.63, 3.8) is 0 Å². The summed E-state index contributed by atoms with van der Waals surface area (Å²) >= 11 is 2.13. The number of halogens is 1. The fourth-order valence-corrected chi connectivity index (χ4v) is 5.58. The van der Waals surface area contributed by atoms with Crippen molar-refractivity contribution >= 4 is 43.6 Å². The van der Waals surface area contributed by atoms with Gasteiger partial charge in [0.15, 0.2) is 5.65 Å². The molecule has 2 aromatic heterocycles. The summed E-state index contributed by atoms with van der Waals surface area (Å²) in [5.74, 6) is 0.712. The lowest BCUT2D eigenvalue weighted by Gasteiger charge is -2.29.